The Balaban J connectivity index is 1.68. The first-order valence-corrected chi connectivity index (χ1v) is 7.08. The van der Waals surface area contributed by atoms with E-state index in [1.165, 1.54) is 0 Å². The van der Waals surface area contributed by atoms with Gasteiger partial charge in [-0.1, -0.05) is 29.8 Å². The second-order valence-corrected chi connectivity index (χ2v) is 5.19. The van der Waals surface area contributed by atoms with Gasteiger partial charge in [0, 0.05) is 36.9 Å². The molecule has 1 aromatic heterocycles. The Hall–Kier alpha value is -1.65. The standard InChI is InChI=1S/C15H16ClN3O/c16-14-5-2-1-4-12(14)10-13-11-19(8-9-20-13)15-17-6-3-7-18-15/h1-7,13H,8-11H2. The fourth-order valence-corrected chi connectivity index (χ4v) is 2.60. The highest BCUT2D eigenvalue weighted by molar-refractivity contribution is 6.31. The number of rotatable bonds is 3. The molecule has 1 fully saturated rings. The molecular weight excluding hydrogens is 274 g/mol. The summed E-state index contributed by atoms with van der Waals surface area (Å²) >= 11 is 6.20. The smallest absolute Gasteiger partial charge is 0.225 e. The second kappa shape index (κ2) is 6.20. The summed E-state index contributed by atoms with van der Waals surface area (Å²) in [6.07, 6.45) is 4.46. The van der Waals surface area contributed by atoms with Gasteiger partial charge in [0.25, 0.3) is 0 Å². The summed E-state index contributed by atoms with van der Waals surface area (Å²) in [6.45, 7) is 2.30. The Morgan fingerprint density at radius 3 is 2.80 bits per heavy atom. The van der Waals surface area contributed by atoms with Gasteiger partial charge < -0.3 is 9.64 Å². The zero-order valence-electron chi connectivity index (χ0n) is 11.1. The predicted octanol–water partition coefficient (Wildman–Crippen LogP) is 2.58. The quantitative estimate of drug-likeness (QED) is 0.870. The number of halogens is 1. The number of hydrogen-bond donors (Lipinski definition) is 0. The van der Waals surface area contributed by atoms with Crippen LogP contribution in [0.5, 0.6) is 0 Å². The molecular formula is C15H16ClN3O. The first kappa shape index (κ1) is 13.3. The van der Waals surface area contributed by atoms with E-state index >= 15 is 0 Å². The van der Waals surface area contributed by atoms with Crippen molar-refractivity contribution >= 4 is 17.5 Å². The van der Waals surface area contributed by atoms with E-state index in [-0.39, 0.29) is 6.10 Å². The molecule has 0 saturated carbocycles. The molecule has 1 unspecified atom stereocenters. The number of morpholine rings is 1. The maximum absolute atomic E-state index is 6.20. The molecule has 1 saturated heterocycles. The molecule has 2 aromatic rings. The summed E-state index contributed by atoms with van der Waals surface area (Å²) in [5.41, 5.74) is 1.12. The van der Waals surface area contributed by atoms with E-state index in [1.807, 2.05) is 30.3 Å². The van der Waals surface area contributed by atoms with Crippen molar-refractivity contribution in [3.8, 4) is 0 Å². The van der Waals surface area contributed by atoms with Crippen LogP contribution in [-0.2, 0) is 11.2 Å². The molecule has 0 N–H and O–H groups in total. The highest BCUT2D eigenvalue weighted by atomic mass is 35.5. The molecule has 0 radical (unpaired) electrons. The summed E-state index contributed by atoms with van der Waals surface area (Å²) in [6, 6.07) is 9.73. The van der Waals surface area contributed by atoms with Crippen molar-refractivity contribution in [3.63, 3.8) is 0 Å². The van der Waals surface area contributed by atoms with Crippen LogP contribution in [0.1, 0.15) is 5.56 Å². The van der Waals surface area contributed by atoms with Gasteiger partial charge in [-0.15, -0.1) is 0 Å². The second-order valence-electron chi connectivity index (χ2n) is 4.78. The Morgan fingerprint density at radius 2 is 2.00 bits per heavy atom. The fourth-order valence-electron chi connectivity index (χ4n) is 2.39. The van der Waals surface area contributed by atoms with Gasteiger partial charge in [0.1, 0.15) is 0 Å². The summed E-state index contributed by atoms with van der Waals surface area (Å²) in [5, 5.41) is 0.796. The molecule has 1 aromatic carbocycles. The lowest BCUT2D eigenvalue weighted by Gasteiger charge is -2.33. The molecule has 5 heteroatoms. The van der Waals surface area contributed by atoms with Crippen LogP contribution in [-0.4, -0.2) is 35.8 Å². The number of ether oxygens (including phenoxy) is 1. The maximum atomic E-state index is 6.20. The third kappa shape index (κ3) is 3.08. The van der Waals surface area contributed by atoms with E-state index in [4.69, 9.17) is 16.3 Å². The molecule has 1 aliphatic heterocycles. The molecule has 1 atom stereocenters. The Bertz CT molecular complexity index is 564. The van der Waals surface area contributed by atoms with Crippen LogP contribution in [0.2, 0.25) is 5.02 Å². The number of anilines is 1. The Labute approximate surface area is 123 Å². The van der Waals surface area contributed by atoms with Crippen molar-refractivity contribution in [1.82, 2.24) is 9.97 Å². The average molecular weight is 290 g/mol. The third-order valence-electron chi connectivity index (χ3n) is 3.38. The molecule has 0 aliphatic carbocycles. The lowest BCUT2D eigenvalue weighted by atomic mass is 10.1. The van der Waals surface area contributed by atoms with E-state index in [9.17, 15) is 0 Å². The molecule has 20 heavy (non-hydrogen) atoms. The van der Waals surface area contributed by atoms with Crippen molar-refractivity contribution in [2.75, 3.05) is 24.6 Å². The fraction of sp³-hybridized carbons (Fsp3) is 0.333. The molecule has 3 rings (SSSR count). The van der Waals surface area contributed by atoms with E-state index in [0.29, 0.717) is 6.61 Å². The number of nitrogens with zero attached hydrogens (tertiary/aromatic N) is 3. The third-order valence-corrected chi connectivity index (χ3v) is 3.75. The largest absolute Gasteiger partial charge is 0.374 e. The number of aromatic nitrogens is 2. The van der Waals surface area contributed by atoms with Crippen molar-refractivity contribution in [2.24, 2.45) is 0 Å². The molecule has 104 valence electrons. The van der Waals surface area contributed by atoms with Crippen LogP contribution < -0.4 is 4.90 Å². The average Bonchev–Trinajstić information content (AvgIpc) is 2.51. The topological polar surface area (TPSA) is 38.2 Å². The van der Waals surface area contributed by atoms with Crippen LogP contribution in [0, 0.1) is 0 Å². The monoisotopic (exact) mass is 289 g/mol. The summed E-state index contributed by atoms with van der Waals surface area (Å²) in [5.74, 6) is 0.764. The lowest BCUT2D eigenvalue weighted by molar-refractivity contribution is 0.0405. The SMILES string of the molecule is Clc1ccccc1CC1CN(c2ncccn2)CCO1. The minimum Gasteiger partial charge on any atom is -0.374 e. The van der Waals surface area contributed by atoms with Gasteiger partial charge in [-0.25, -0.2) is 9.97 Å². The molecule has 2 heterocycles. The van der Waals surface area contributed by atoms with Crippen LogP contribution in [0.3, 0.4) is 0 Å². The first-order chi connectivity index (χ1) is 9.83. The van der Waals surface area contributed by atoms with Gasteiger partial charge in [0.05, 0.1) is 12.7 Å². The van der Waals surface area contributed by atoms with Gasteiger partial charge >= 0.3 is 0 Å². The molecule has 0 bridgehead atoms. The lowest BCUT2D eigenvalue weighted by Crippen LogP contribution is -2.44. The van der Waals surface area contributed by atoms with Gasteiger partial charge in [-0.2, -0.15) is 0 Å². The van der Waals surface area contributed by atoms with Crippen molar-refractivity contribution in [1.29, 1.82) is 0 Å². The minimum atomic E-state index is 0.118. The van der Waals surface area contributed by atoms with E-state index in [0.717, 1.165) is 36.0 Å². The van der Waals surface area contributed by atoms with Gasteiger partial charge in [0.15, 0.2) is 0 Å². The molecule has 0 spiro atoms. The van der Waals surface area contributed by atoms with E-state index in [1.54, 1.807) is 12.4 Å². The van der Waals surface area contributed by atoms with Crippen molar-refractivity contribution < 1.29 is 4.74 Å². The normalized spacial score (nSPS) is 19.1. The van der Waals surface area contributed by atoms with Crippen molar-refractivity contribution in [3.05, 3.63) is 53.3 Å². The van der Waals surface area contributed by atoms with Crippen LogP contribution >= 0.6 is 11.6 Å². The van der Waals surface area contributed by atoms with E-state index < -0.39 is 0 Å². The Morgan fingerprint density at radius 1 is 1.20 bits per heavy atom. The predicted molar refractivity (Wildman–Crippen MR) is 79.1 cm³/mol. The molecule has 4 nitrogen and oxygen atoms in total. The molecule has 1 aliphatic rings. The number of hydrogen-bond acceptors (Lipinski definition) is 4. The van der Waals surface area contributed by atoms with Crippen LogP contribution in [0.15, 0.2) is 42.7 Å². The van der Waals surface area contributed by atoms with Gasteiger partial charge in [-0.3, -0.25) is 0 Å². The highest BCUT2D eigenvalue weighted by Crippen LogP contribution is 2.20. The first-order valence-electron chi connectivity index (χ1n) is 6.70. The summed E-state index contributed by atoms with van der Waals surface area (Å²) in [7, 11) is 0. The van der Waals surface area contributed by atoms with Crippen LogP contribution in [0.25, 0.3) is 0 Å². The maximum Gasteiger partial charge on any atom is 0.225 e. The van der Waals surface area contributed by atoms with Crippen LogP contribution in [0.4, 0.5) is 5.95 Å². The zero-order valence-corrected chi connectivity index (χ0v) is 11.8. The molecule has 0 amide bonds. The Kier molecular flexibility index (Phi) is 4.14. The highest BCUT2D eigenvalue weighted by Gasteiger charge is 2.22. The summed E-state index contributed by atoms with van der Waals surface area (Å²) < 4.78 is 5.83. The summed E-state index contributed by atoms with van der Waals surface area (Å²) in [4.78, 5) is 10.7. The van der Waals surface area contributed by atoms with Gasteiger partial charge in [0.2, 0.25) is 5.95 Å². The van der Waals surface area contributed by atoms with E-state index in [2.05, 4.69) is 14.9 Å². The van der Waals surface area contributed by atoms with Crippen molar-refractivity contribution in [2.45, 2.75) is 12.5 Å². The minimum absolute atomic E-state index is 0.118. The number of benzene rings is 1. The van der Waals surface area contributed by atoms with Gasteiger partial charge in [-0.05, 0) is 17.7 Å². The zero-order chi connectivity index (χ0) is 13.8.